The van der Waals surface area contributed by atoms with Gasteiger partial charge in [0.15, 0.2) is 0 Å². The normalized spacial score (nSPS) is 14.5. The van der Waals surface area contributed by atoms with Gasteiger partial charge in [0.2, 0.25) is 5.91 Å². The summed E-state index contributed by atoms with van der Waals surface area (Å²) < 4.78 is 0. The predicted octanol–water partition coefficient (Wildman–Crippen LogP) is 3.40. The molecule has 90 valence electrons. The highest BCUT2D eigenvalue weighted by Crippen LogP contribution is 2.26. The van der Waals surface area contributed by atoms with Crippen molar-refractivity contribution in [2.75, 3.05) is 11.4 Å². The van der Waals surface area contributed by atoms with E-state index in [0.717, 1.165) is 12.2 Å². The van der Waals surface area contributed by atoms with E-state index in [1.54, 1.807) is 0 Å². The summed E-state index contributed by atoms with van der Waals surface area (Å²) in [6, 6.07) is 16.6. The van der Waals surface area contributed by atoms with E-state index in [2.05, 4.69) is 43.3 Å². The predicted molar refractivity (Wildman–Crippen MR) is 73.6 cm³/mol. The van der Waals surface area contributed by atoms with Gasteiger partial charge in [-0.3, -0.25) is 4.79 Å². The van der Waals surface area contributed by atoms with Gasteiger partial charge in [-0.05, 0) is 30.2 Å². The third-order valence-corrected chi connectivity index (χ3v) is 3.38. The minimum absolute atomic E-state index is 0.221. The van der Waals surface area contributed by atoms with E-state index < -0.39 is 0 Å². The van der Waals surface area contributed by atoms with Gasteiger partial charge in [-0.25, -0.2) is 0 Å². The van der Waals surface area contributed by atoms with Crippen molar-refractivity contribution in [3.8, 4) is 11.1 Å². The zero-order valence-electron chi connectivity index (χ0n) is 10.4. The lowest BCUT2D eigenvalue weighted by Gasteiger charge is -2.30. The third kappa shape index (κ3) is 1.90. The molecular weight excluding hydrogens is 222 g/mol. The van der Waals surface area contributed by atoms with Gasteiger partial charge in [-0.1, -0.05) is 42.0 Å². The molecule has 1 aliphatic rings. The number of benzene rings is 2. The number of hydrogen-bond acceptors (Lipinski definition) is 1. The zero-order valence-corrected chi connectivity index (χ0v) is 10.4. The number of carbonyl (C=O) groups excluding carboxylic acids is 1. The number of hydrogen-bond donors (Lipinski definition) is 0. The van der Waals surface area contributed by atoms with Crippen LogP contribution in [0, 0.1) is 6.92 Å². The van der Waals surface area contributed by atoms with Crippen molar-refractivity contribution in [1.29, 1.82) is 0 Å². The van der Waals surface area contributed by atoms with Gasteiger partial charge < -0.3 is 4.90 Å². The average molecular weight is 237 g/mol. The van der Waals surface area contributed by atoms with Gasteiger partial charge in [0.05, 0.1) is 0 Å². The standard InChI is InChI=1S/C16H15NO/c1-12-3-2-4-14(11-12)13-5-7-15(8-6-13)17-10-9-16(17)18/h2-8,11H,9-10H2,1H3. The summed E-state index contributed by atoms with van der Waals surface area (Å²) in [7, 11) is 0. The van der Waals surface area contributed by atoms with Crippen LogP contribution in [0.25, 0.3) is 11.1 Å². The van der Waals surface area contributed by atoms with Crippen molar-refractivity contribution in [3.05, 3.63) is 54.1 Å². The van der Waals surface area contributed by atoms with Gasteiger partial charge in [0.25, 0.3) is 0 Å². The molecule has 0 N–H and O–H groups in total. The van der Waals surface area contributed by atoms with Crippen molar-refractivity contribution in [2.45, 2.75) is 13.3 Å². The minimum atomic E-state index is 0.221. The van der Waals surface area contributed by atoms with Crippen molar-refractivity contribution >= 4 is 11.6 Å². The molecule has 1 fully saturated rings. The number of rotatable bonds is 2. The van der Waals surface area contributed by atoms with E-state index in [1.807, 2.05) is 17.0 Å². The van der Waals surface area contributed by atoms with Crippen LogP contribution in [0.3, 0.4) is 0 Å². The van der Waals surface area contributed by atoms with Gasteiger partial charge in [0, 0.05) is 18.7 Å². The quantitative estimate of drug-likeness (QED) is 0.733. The zero-order chi connectivity index (χ0) is 12.5. The fourth-order valence-corrected chi connectivity index (χ4v) is 2.25. The Morgan fingerprint density at radius 3 is 2.33 bits per heavy atom. The highest BCUT2D eigenvalue weighted by atomic mass is 16.2. The summed E-state index contributed by atoms with van der Waals surface area (Å²) in [6.07, 6.45) is 0.680. The first-order valence-electron chi connectivity index (χ1n) is 6.21. The molecule has 1 saturated heterocycles. The molecule has 2 aromatic rings. The van der Waals surface area contributed by atoms with Crippen molar-refractivity contribution in [2.24, 2.45) is 0 Å². The fourth-order valence-electron chi connectivity index (χ4n) is 2.25. The highest BCUT2D eigenvalue weighted by molar-refractivity contribution is 5.99. The van der Waals surface area contributed by atoms with Gasteiger partial charge >= 0.3 is 0 Å². The lowest BCUT2D eigenvalue weighted by molar-refractivity contribution is -0.122. The molecular formula is C16H15NO. The van der Waals surface area contributed by atoms with Crippen LogP contribution in [0.2, 0.25) is 0 Å². The van der Waals surface area contributed by atoms with Crippen LogP contribution in [-0.4, -0.2) is 12.5 Å². The number of aryl methyl sites for hydroxylation is 1. The molecule has 1 amide bonds. The molecule has 2 nitrogen and oxygen atoms in total. The highest BCUT2D eigenvalue weighted by Gasteiger charge is 2.24. The Morgan fingerprint density at radius 1 is 1.00 bits per heavy atom. The van der Waals surface area contributed by atoms with Gasteiger partial charge in [0.1, 0.15) is 0 Å². The molecule has 3 rings (SSSR count). The maximum absolute atomic E-state index is 11.4. The molecule has 0 saturated carbocycles. The summed E-state index contributed by atoms with van der Waals surface area (Å²) in [4.78, 5) is 13.2. The topological polar surface area (TPSA) is 20.3 Å². The average Bonchev–Trinajstić information content (AvgIpc) is 2.38. The summed E-state index contributed by atoms with van der Waals surface area (Å²) in [6.45, 7) is 2.94. The Hall–Kier alpha value is -2.09. The van der Waals surface area contributed by atoms with Crippen LogP contribution in [0.4, 0.5) is 5.69 Å². The molecule has 0 aromatic heterocycles. The van der Waals surface area contributed by atoms with Crippen LogP contribution < -0.4 is 4.90 Å². The second-order valence-electron chi connectivity index (χ2n) is 4.71. The van der Waals surface area contributed by atoms with Crippen molar-refractivity contribution in [3.63, 3.8) is 0 Å². The molecule has 0 unspecified atom stereocenters. The smallest absolute Gasteiger partial charge is 0.228 e. The molecule has 0 bridgehead atoms. The molecule has 2 aromatic carbocycles. The van der Waals surface area contributed by atoms with E-state index in [-0.39, 0.29) is 5.91 Å². The lowest BCUT2D eigenvalue weighted by atomic mass is 10.0. The molecule has 18 heavy (non-hydrogen) atoms. The van der Waals surface area contributed by atoms with E-state index in [1.165, 1.54) is 16.7 Å². The first-order chi connectivity index (χ1) is 8.74. The summed E-state index contributed by atoms with van der Waals surface area (Å²) in [5.41, 5.74) is 4.67. The molecule has 1 heterocycles. The van der Waals surface area contributed by atoms with E-state index in [4.69, 9.17) is 0 Å². The van der Waals surface area contributed by atoms with Crippen LogP contribution in [-0.2, 0) is 4.79 Å². The second-order valence-corrected chi connectivity index (χ2v) is 4.71. The largest absolute Gasteiger partial charge is 0.312 e. The number of anilines is 1. The molecule has 0 radical (unpaired) electrons. The Bertz CT molecular complexity index is 586. The molecule has 0 atom stereocenters. The van der Waals surface area contributed by atoms with E-state index >= 15 is 0 Å². The lowest BCUT2D eigenvalue weighted by Crippen LogP contribution is -2.43. The number of nitrogens with zero attached hydrogens (tertiary/aromatic N) is 1. The molecule has 0 aliphatic carbocycles. The van der Waals surface area contributed by atoms with E-state index in [0.29, 0.717) is 6.42 Å². The molecule has 2 heteroatoms. The Kier molecular flexibility index (Phi) is 2.63. The summed E-state index contributed by atoms with van der Waals surface area (Å²) in [5.74, 6) is 0.221. The summed E-state index contributed by atoms with van der Waals surface area (Å²) in [5, 5.41) is 0. The Labute approximate surface area is 107 Å². The van der Waals surface area contributed by atoms with Crippen molar-refractivity contribution in [1.82, 2.24) is 0 Å². The molecule has 1 aliphatic heterocycles. The maximum Gasteiger partial charge on any atom is 0.228 e. The van der Waals surface area contributed by atoms with Crippen LogP contribution >= 0.6 is 0 Å². The number of amides is 1. The number of carbonyl (C=O) groups is 1. The van der Waals surface area contributed by atoms with Gasteiger partial charge in [-0.15, -0.1) is 0 Å². The Balaban J connectivity index is 1.89. The van der Waals surface area contributed by atoms with Gasteiger partial charge in [-0.2, -0.15) is 0 Å². The minimum Gasteiger partial charge on any atom is -0.312 e. The van der Waals surface area contributed by atoms with Crippen LogP contribution in [0.1, 0.15) is 12.0 Å². The Morgan fingerprint density at radius 2 is 1.78 bits per heavy atom. The maximum atomic E-state index is 11.4. The SMILES string of the molecule is Cc1cccc(-c2ccc(N3CCC3=O)cc2)c1. The first-order valence-corrected chi connectivity index (χ1v) is 6.21. The fraction of sp³-hybridized carbons (Fsp3) is 0.188. The van der Waals surface area contributed by atoms with Crippen LogP contribution in [0.5, 0.6) is 0 Å². The first kappa shape index (κ1) is 11.0. The van der Waals surface area contributed by atoms with Crippen LogP contribution in [0.15, 0.2) is 48.5 Å². The van der Waals surface area contributed by atoms with Crippen molar-refractivity contribution < 1.29 is 4.79 Å². The second kappa shape index (κ2) is 4.30. The third-order valence-electron chi connectivity index (χ3n) is 3.38. The molecule has 0 spiro atoms. The van der Waals surface area contributed by atoms with E-state index in [9.17, 15) is 4.79 Å². The summed E-state index contributed by atoms with van der Waals surface area (Å²) >= 11 is 0. The monoisotopic (exact) mass is 237 g/mol. The number of β-lactam (4-membered cyclic amide) rings is 1.